The Hall–Kier alpha value is -1.89. The Morgan fingerprint density at radius 2 is 1.62 bits per heavy atom. The number of nitrogens with zero attached hydrogens (tertiary/aromatic N) is 1. The highest BCUT2D eigenvalue weighted by Gasteiger charge is 2.60. The summed E-state index contributed by atoms with van der Waals surface area (Å²) in [5.41, 5.74) is -2.04. The zero-order valence-corrected chi connectivity index (χ0v) is 19.7. The summed E-state index contributed by atoms with van der Waals surface area (Å²) < 4.78 is 6.51. The molecular weight excluding hydrogens is 438 g/mol. The van der Waals surface area contributed by atoms with Crippen LogP contribution in [0, 0.1) is 10.8 Å². The Morgan fingerprint density at radius 1 is 1.10 bits per heavy atom. The second kappa shape index (κ2) is 7.74. The predicted octanol–water partition coefficient (Wildman–Crippen LogP) is 4.57. The summed E-state index contributed by atoms with van der Waals surface area (Å²) in [6.45, 7) is 12.2. The first kappa shape index (κ1) is 23.4. The van der Waals surface area contributed by atoms with Gasteiger partial charge in [0.2, 0.25) is 5.91 Å². The number of likely N-dealkylation sites (tertiary alicyclic amines) is 1. The van der Waals surface area contributed by atoms with E-state index >= 15 is 0 Å². The second-order valence-electron chi connectivity index (χ2n) is 9.89. The molecule has 2 rings (SSSR count). The number of carbonyl (C=O) groups is 3. The van der Waals surface area contributed by atoms with Crippen LogP contribution in [0.15, 0.2) is 28.7 Å². The molecule has 0 saturated carbocycles. The molecule has 6 nitrogen and oxygen atoms in total. The maximum Gasteiger partial charge on any atom is 0.326 e. The first-order chi connectivity index (χ1) is 13.1. The molecule has 1 amide bonds. The zero-order valence-electron chi connectivity index (χ0n) is 18.1. The van der Waals surface area contributed by atoms with E-state index in [-0.39, 0.29) is 12.3 Å². The first-order valence-electron chi connectivity index (χ1n) is 9.62. The number of esters is 1. The van der Waals surface area contributed by atoms with Crippen molar-refractivity contribution in [1.29, 1.82) is 0 Å². The van der Waals surface area contributed by atoms with Crippen molar-refractivity contribution < 1.29 is 24.2 Å². The first-order valence-corrected chi connectivity index (χ1v) is 10.4. The third kappa shape index (κ3) is 4.82. The van der Waals surface area contributed by atoms with Crippen molar-refractivity contribution in [3.63, 3.8) is 0 Å². The fourth-order valence-corrected chi connectivity index (χ4v) is 3.98. The fraction of sp³-hybridized carbons (Fsp3) is 0.591. The molecule has 1 fully saturated rings. The van der Waals surface area contributed by atoms with Crippen molar-refractivity contribution in [3.8, 4) is 0 Å². The van der Waals surface area contributed by atoms with Crippen LogP contribution >= 0.6 is 15.9 Å². The Bertz CT molecular complexity index is 806. The fourth-order valence-electron chi connectivity index (χ4n) is 3.71. The molecule has 1 aliphatic heterocycles. The van der Waals surface area contributed by atoms with Gasteiger partial charge in [0.1, 0.15) is 11.6 Å². The molecule has 0 bridgehead atoms. The summed E-state index contributed by atoms with van der Waals surface area (Å²) in [5.74, 6) is -1.95. The van der Waals surface area contributed by atoms with Gasteiger partial charge in [0.25, 0.3) is 0 Å². The summed E-state index contributed by atoms with van der Waals surface area (Å²) in [4.78, 5) is 40.1. The molecule has 7 heteroatoms. The van der Waals surface area contributed by atoms with Crippen LogP contribution in [0.1, 0.15) is 66.5 Å². The lowest BCUT2D eigenvalue weighted by Crippen LogP contribution is -2.48. The van der Waals surface area contributed by atoms with E-state index in [0.29, 0.717) is 5.56 Å². The van der Waals surface area contributed by atoms with Crippen LogP contribution in [0.3, 0.4) is 0 Å². The van der Waals surface area contributed by atoms with Crippen molar-refractivity contribution in [3.05, 3.63) is 34.3 Å². The van der Waals surface area contributed by atoms with E-state index in [2.05, 4.69) is 15.9 Å². The lowest BCUT2D eigenvalue weighted by atomic mass is 9.77. The van der Waals surface area contributed by atoms with Gasteiger partial charge in [-0.1, -0.05) is 48.8 Å². The van der Waals surface area contributed by atoms with Gasteiger partial charge >= 0.3 is 11.9 Å². The lowest BCUT2D eigenvalue weighted by molar-refractivity contribution is -0.169. The van der Waals surface area contributed by atoms with Crippen LogP contribution in [0.5, 0.6) is 0 Å². The number of rotatable bonds is 3. The standard InChI is InChI=1S/C22H30BrNO5/c1-20(2,3)18(27)24-15(17(25)26)12-22(7,19(28)29-21(4,5)6)16(24)13-8-10-14(23)11-9-13/h8-11,15-16H,12H2,1-7H3,(H,25,26)/t15-,16-,22-/m0/s1. The van der Waals surface area contributed by atoms with Crippen LogP contribution < -0.4 is 0 Å². The van der Waals surface area contributed by atoms with E-state index in [1.807, 2.05) is 24.3 Å². The van der Waals surface area contributed by atoms with Crippen LogP contribution in [-0.2, 0) is 19.1 Å². The van der Waals surface area contributed by atoms with Gasteiger partial charge in [0, 0.05) is 9.89 Å². The minimum atomic E-state index is -1.20. The van der Waals surface area contributed by atoms with Crippen LogP contribution in [0.2, 0.25) is 0 Å². The molecule has 1 aliphatic rings. The normalized spacial score (nSPS) is 25.0. The predicted molar refractivity (Wildman–Crippen MR) is 113 cm³/mol. The average Bonchev–Trinajstić information content (AvgIpc) is 2.87. The Kier molecular flexibility index (Phi) is 6.25. The van der Waals surface area contributed by atoms with Gasteiger partial charge in [-0.2, -0.15) is 0 Å². The second-order valence-corrected chi connectivity index (χ2v) is 10.8. The highest BCUT2D eigenvalue weighted by molar-refractivity contribution is 9.10. The average molecular weight is 468 g/mol. The summed E-state index contributed by atoms with van der Waals surface area (Å²) in [7, 11) is 0. The molecule has 160 valence electrons. The molecule has 0 aromatic heterocycles. The maximum absolute atomic E-state index is 13.3. The molecule has 1 aromatic rings. The van der Waals surface area contributed by atoms with Crippen LogP contribution in [0.4, 0.5) is 0 Å². The minimum Gasteiger partial charge on any atom is -0.480 e. The SMILES string of the molecule is CC(C)(C)OC(=O)[C@@]1(C)C[C@@H](C(=O)O)N(C(=O)C(C)(C)C)[C@H]1c1ccc(Br)cc1. The topological polar surface area (TPSA) is 83.9 Å². The molecule has 0 radical (unpaired) electrons. The van der Waals surface area contributed by atoms with E-state index in [1.54, 1.807) is 48.5 Å². The number of hydrogen-bond donors (Lipinski definition) is 1. The molecule has 1 heterocycles. The third-order valence-corrected chi connectivity index (χ3v) is 5.58. The number of carboxylic acid groups (broad SMARTS) is 1. The smallest absolute Gasteiger partial charge is 0.326 e. The molecular formula is C22H30BrNO5. The molecule has 0 aliphatic carbocycles. The number of ether oxygens (including phenoxy) is 1. The van der Waals surface area contributed by atoms with E-state index < -0.39 is 40.5 Å². The highest BCUT2D eigenvalue weighted by atomic mass is 79.9. The molecule has 29 heavy (non-hydrogen) atoms. The van der Waals surface area contributed by atoms with Crippen molar-refractivity contribution >= 4 is 33.8 Å². The molecule has 1 aromatic carbocycles. The maximum atomic E-state index is 13.3. The van der Waals surface area contributed by atoms with Crippen molar-refractivity contribution in [2.45, 2.75) is 72.6 Å². The lowest BCUT2D eigenvalue weighted by Gasteiger charge is -2.38. The third-order valence-electron chi connectivity index (χ3n) is 5.05. The number of halogens is 1. The van der Waals surface area contributed by atoms with Gasteiger partial charge in [-0.3, -0.25) is 9.59 Å². The molecule has 0 unspecified atom stereocenters. The summed E-state index contributed by atoms with van der Waals surface area (Å²) >= 11 is 3.40. The number of carboxylic acids is 1. The Labute approximate surface area is 180 Å². The quantitative estimate of drug-likeness (QED) is 0.658. The van der Waals surface area contributed by atoms with Gasteiger partial charge in [-0.15, -0.1) is 0 Å². The molecule has 0 spiro atoms. The summed E-state index contributed by atoms with van der Waals surface area (Å²) in [6.07, 6.45) is -0.0141. The zero-order chi connectivity index (χ0) is 22.4. The Balaban J connectivity index is 2.68. The van der Waals surface area contributed by atoms with Gasteiger partial charge in [-0.05, 0) is 51.8 Å². The summed E-state index contributed by atoms with van der Waals surface area (Å²) in [5, 5.41) is 9.90. The number of aliphatic carboxylic acids is 1. The molecule has 1 saturated heterocycles. The summed E-state index contributed by atoms with van der Waals surface area (Å²) in [6, 6.07) is 5.39. The van der Waals surface area contributed by atoms with Crippen LogP contribution in [0.25, 0.3) is 0 Å². The number of carbonyl (C=O) groups excluding carboxylic acids is 2. The monoisotopic (exact) mass is 467 g/mol. The number of amides is 1. The van der Waals surface area contributed by atoms with Crippen molar-refractivity contribution in [1.82, 2.24) is 4.90 Å². The number of benzene rings is 1. The van der Waals surface area contributed by atoms with Gasteiger partial charge in [0.05, 0.1) is 11.5 Å². The van der Waals surface area contributed by atoms with E-state index in [0.717, 1.165) is 4.47 Å². The van der Waals surface area contributed by atoms with Gasteiger partial charge < -0.3 is 14.7 Å². The largest absolute Gasteiger partial charge is 0.480 e. The van der Waals surface area contributed by atoms with Crippen molar-refractivity contribution in [2.24, 2.45) is 10.8 Å². The number of hydrogen-bond acceptors (Lipinski definition) is 4. The highest BCUT2D eigenvalue weighted by Crippen LogP contribution is 2.52. The van der Waals surface area contributed by atoms with Gasteiger partial charge in [0.15, 0.2) is 0 Å². The van der Waals surface area contributed by atoms with Crippen LogP contribution in [-0.4, -0.2) is 39.5 Å². The van der Waals surface area contributed by atoms with Crippen molar-refractivity contribution in [2.75, 3.05) is 0 Å². The van der Waals surface area contributed by atoms with E-state index in [1.165, 1.54) is 4.90 Å². The van der Waals surface area contributed by atoms with E-state index in [4.69, 9.17) is 4.74 Å². The minimum absolute atomic E-state index is 0.0141. The molecule has 3 atom stereocenters. The Morgan fingerprint density at radius 3 is 2.03 bits per heavy atom. The molecule has 1 N–H and O–H groups in total. The van der Waals surface area contributed by atoms with Gasteiger partial charge in [-0.25, -0.2) is 4.79 Å². The van der Waals surface area contributed by atoms with E-state index in [9.17, 15) is 19.5 Å².